The number of nitrogens with one attached hydrogen (secondary N) is 1. The summed E-state index contributed by atoms with van der Waals surface area (Å²) in [6, 6.07) is 0.164. The molecule has 5 heteroatoms. The predicted octanol–water partition coefficient (Wildman–Crippen LogP) is 1.19. The lowest BCUT2D eigenvalue weighted by Gasteiger charge is -2.33. The Morgan fingerprint density at radius 2 is 2.06 bits per heavy atom. The second-order valence-electron chi connectivity index (χ2n) is 5.07. The van der Waals surface area contributed by atoms with E-state index in [1.54, 1.807) is 0 Å². The minimum Gasteiger partial charge on any atom is -0.409 e. The van der Waals surface area contributed by atoms with Crippen molar-refractivity contribution < 1.29 is 10.3 Å². The number of nitrogens with zero attached hydrogens (tertiary/aromatic N) is 1. The number of hydrogen-bond donors (Lipinski definition) is 4. The van der Waals surface area contributed by atoms with E-state index in [0.29, 0.717) is 13.0 Å². The molecule has 5 nitrogen and oxygen atoms in total. The zero-order chi connectivity index (χ0) is 12.7. The summed E-state index contributed by atoms with van der Waals surface area (Å²) in [4.78, 5) is 0. The fourth-order valence-corrected chi connectivity index (χ4v) is 2.38. The predicted molar refractivity (Wildman–Crippen MR) is 68.1 cm³/mol. The van der Waals surface area contributed by atoms with E-state index in [-0.39, 0.29) is 11.9 Å². The number of hydrogen-bond acceptors (Lipinski definition) is 4. The molecular formula is C12H25N3O2. The standard InChI is InChI=1S/C12H25N3O2/c1-2-10(8-11(13)15-17)14-9-12(16)6-4-3-5-7-12/h10,14,16-17H,2-9H2,1H3,(H2,13,15). The molecule has 0 aromatic heterocycles. The number of aliphatic hydroxyl groups is 1. The van der Waals surface area contributed by atoms with Crippen LogP contribution in [0, 0.1) is 0 Å². The summed E-state index contributed by atoms with van der Waals surface area (Å²) in [7, 11) is 0. The Hall–Kier alpha value is -0.810. The molecule has 1 rings (SSSR count). The Balaban J connectivity index is 2.35. The second kappa shape index (κ2) is 6.81. The van der Waals surface area contributed by atoms with E-state index in [9.17, 15) is 5.11 Å². The number of rotatable bonds is 6. The molecule has 0 amide bonds. The normalized spacial score (nSPS) is 22.4. The summed E-state index contributed by atoms with van der Waals surface area (Å²) in [6.07, 6.45) is 6.60. The van der Waals surface area contributed by atoms with E-state index in [1.165, 1.54) is 6.42 Å². The van der Waals surface area contributed by atoms with Gasteiger partial charge in [-0.1, -0.05) is 31.3 Å². The van der Waals surface area contributed by atoms with Crippen LogP contribution in [0.15, 0.2) is 5.16 Å². The summed E-state index contributed by atoms with van der Waals surface area (Å²) in [5.41, 5.74) is 4.93. The van der Waals surface area contributed by atoms with Crippen LogP contribution in [0.2, 0.25) is 0 Å². The number of oxime groups is 1. The van der Waals surface area contributed by atoms with Crippen molar-refractivity contribution in [1.29, 1.82) is 0 Å². The highest BCUT2D eigenvalue weighted by molar-refractivity contribution is 5.80. The Labute approximate surface area is 103 Å². The lowest BCUT2D eigenvalue weighted by Crippen LogP contribution is -2.46. The third kappa shape index (κ3) is 4.91. The van der Waals surface area contributed by atoms with Gasteiger partial charge in [-0.25, -0.2) is 0 Å². The van der Waals surface area contributed by atoms with E-state index in [0.717, 1.165) is 32.1 Å². The van der Waals surface area contributed by atoms with Gasteiger partial charge >= 0.3 is 0 Å². The first kappa shape index (κ1) is 14.3. The van der Waals surface area contributed by atoms with Gasteiger partial charge < -0.3 is 21.4 Å². The van der Waals surface area contributed by atoms with Gasteiger partial charge in [0.2, 0.25) is 0 Å². The molecule has 1 saturated carbocycles. The third-order valence-corrected chi connectivity index (χ3v) is 3.58. The van der Waals surface area contributed by atoms with Gasteiger partial charge in [0.05, 0.1) is 5.60 Å². The maximum absolute atomic E-state index is 10.3. The molecule has 17 heavy (non-hydrogen) atoms. The van der Waals surface area contributed by atoms with Crippen LogP contribution < -0.4 is 11.1 Å². The monoisotopic (exact) mass is 243 g/mol. The Kier molecular flexibility index (Phi) is 5.71. The average molecular weight is 243 g/mol. The van der Waals surface area contributed by atoms with Gasteiger partial charge in [-0.05, 0) is 19.3 Å². The van der Waals surface area contributed by atoms with Crippen LogP contribution in [-0.4, -0.2) is 34.3 Å². The molecule has 1 aliphatic rings. The molecule has 0 aliphatic heterocycles. The van der Waals surface area contributed by atoms with Crippen LogP contribution >= 0.6 is 0 Å². The molecule has 100 valence electrons. The largest absolute Gasteiger partial charge is 0.409 e. The summed E-state index contributed by atoms with van der Waals surface area (Å²) < 4.78 is 0. The number of amidine groups is 1. The zero-order valence-electron chi connectivity index (χ0n) is 10.7. The summed E-state index contributed by atoms with van der Waals surface area (Å²) in [5.74, 6) is 0.236. The van der Waals surface area contributed by atoms with Gasteiger partial charge in [-0.2, -0.15) is 0 Å². The highest BCUT2D eigenvalue weighted by Crippen LogP contribution is 2.27. The lowest BCUT2D eigenvalue weighted by molar-refractivity contribution is 0.00269. The Morgan fingerprint density at radius 3 is 2.59 bits per heavy atom. The van der Waals surface area contributed by atoms with Gasteiger partial charge in [0, 0.05) is 19.0 Å². The highest BCUT2D eigenvalue weighted by atomic mass is 16.4. The summed E-state index contributed by atoms with van der Waals surface area (Å²) in [5, 5.41) is 25.2. The Morgan fingerprint density at radius 1 is 1.41 bits per heavy atom. The van der Waals surface area contributed by atoms with Crippen LogP contribution in [0.5, 0.6) is 0 Å². The maximum Gasteiger partial charge on any atom is 0.140 e. The minimum absolute atomic E-state index is 0.164. The molecule has 0 aromatic carbocycles. The quantitative estimate of drug-likeness (QED) is 0.244. The molecule has 5 N–H and O–H groups in total. The molecule has 0 aromatic rings. The van der Waals surface area contributed by atoms with Gasteiger partial charge in [-0.15, -0.1) is 0 Å². The highest BCUT2D eigenvalue weighted by Gasteiger charge is 2.29. The van der Waals surface area contributed by atoms with Crippen LogP contribution in [0.4, 0.5) is 0 Å². The SMILES string of the molecule is CCC(CC(N)=NO)NCC1(O)CCCCC1. The smallest absolute Gasteiger partial charge is 0.140 e. The first-order chi connectivity index (χ1) is 8.09. The molecule has 1 unspecified atom stereocenters. The fraction of sp³-hybridized carbons (Fsp3) is 0.917. The molecule has 1 aliphatic carbocycles. The van der Waals surface area contributed by atoms with Crippen molar-refractivity contribution in [2.75, 3.05) is 6.54 Å². The molecule has 0 saturated heterocycles. The lowest BCUT2D eigenvalue weighted by atomic mass is 9.84. The van der Waals surface area contributed by atoms with E-state index in [1.807, 2.05) is 6.92 Å². The first-order valence-corrected chi connectivity index (χ1v) is 6.52. The first-order valence-electron chi connectivity index (χ1n) is 6.52. The van der Waals surface area contributed by atoms with Crippen molar-refractivity contribution in [2.45, 2.75) is 63.5 Å². The van der Waals surface area contributed by atoms with Crippen molar-refractivity contribution in [2.24, 2.45) is 10.9 Å². The van der Waals surface area contributed by atoms with E-state index >= 15 is 0 Å². The fourth-order valence-electron chi connectivity index (χ4n) is 2.38. The van der Waals surface area contributed by atoms with E-state index in [2.05, 4.69) is 10.5 Å². The molecule has 0 bridgehead atoms. The van der Waals surface area contributed by atoms with Crippen LogP contribution in [-0.2, 0) is 0 Å². The van der Waals surface area contributed by atoms with Crippen molar-refractivity contribution in [3.63, 3.8) is 0 Å². The topological polar surface area (TPSA) is 90.9 Å². The van der Waals surface area contributed by atoms with Gasteiger partial charge in [0.15, 0.2) is 0 Å². The van der Waals surface area contributed by atoms with Crippen molar-refractivity contribution in [3.05, 3.63) is 0 Å². The second-order valence-corrected chi connectivity index (χ2v) is 5.07. The maximum atomic E-state index is 10.3. The molecular weight excluding hydrogens is 218 g/mol. The van der Waals surface area contributed by atoms with Crippen LogP contribution in [0.25, 0.3) is 0 Å². The van der Waals surface area contributed by atoms with Crippen molar-refractivity contribution in [1.82, 2.24) is 5.32 Å². The summed E-state index contributed by atoms with van der Waals surface area (Å²) in [6.45, 7) is 2.65. The van der Waals surface area contributed by atoms with Gasteiger partial charge in [0.1, 0.15) is 5.84 Å². The number of nitrogens with two attached hydrogens (primary N) is 1. The van der Waals surface area contributed by atoms with Crippen molar-refractivity contribution in [3.8, 4) is 0 Å². The van der Waals surface area contributed by atoms with Gasteiger partial charge in [-0.3, -0.25) is 0 Å². The third-order valence-electron chi connectivity index (χ3n) is 3.58. The molecule has 0 spiro atoms. The average Bonchev–Trinajstić information content (AvgIpc) is 2.35. The van der Waals surface area contributed by atoms with E-state index in [4.69, 9.17) is 10.9 Å². The van der Waals surface area contributed by atoms with Crippen molar-refractivity contribution >= 4 is 5.84 Å². The van der Waals surface area contributed by atoms with E-state index < -0.39 is 5.60 Å². The zero-order valence-corrected chi connectivity index (χ0v) is 10.7. The molecule has 0 radical (unpaired) electrons. The summed E-state index contributed by atoms with van der Waals surface area (Å²) >= 11 is 0. The van der Waals surface area contributed by atoms with Crippen LogP contribution in [0.1, 0.15) is 51.9 Å². The molecule has 0 heterocycles. The molecule has 1 fully saturated rings. The van der Waals surface area contributed by atoms with Gasteiger partial charge in [0.25, 0.3) is 0 Å². The minimum atomic E-state index is -0.559. The van der Waals surface area contributed by atoms with Crippen LogP contribution in [0.3, 0.4) is 0 Å². The molecule has 1 atom stereocenters. The Bertz CT molecular complexity index is 250.